The molecule has 1 aromatic heterocycles. The van der Waals surface area contributed by atoms with Gasteiger partial charge in [-0.3, -0.25) is 0 Å². The van der Waals surface area contributed by atoms with E-state index in [0.29, 0.717) is 6.42 Å². The van der Waals surface area contributed by atoms with Crippen LogP contribution < -0.4 is 5.32 Å². The summed E-state index contributed by atoms with van der Waals surface area (Å²) < 4.78 is 13.8. The van der Waals surface area contributed by atoms with Crippen molar-refractivity contribution in [2.24, 2.45) is 0 Å². The van der Waals surface area contributed by atoms with Gasteiger partial charge in [-0.25, -0.2) is 9.37 Å². The first-order valence-corrected chi connectivity index (χ1v) is 7.34. The van der Waals surface area contributed by atoms with E-state index in [-0.39, 0.29) is 11.4 Å². The molecule has 4 heteroatoms. The molecule has 102 valence electrons. The Morgan fingerprint density at radius 2 is 2.11 bits per heavy atom. The fourth-order valence-electron chi connectivity index (χ4n) is 2.23. The molecule has 0 spiro atoms. The summed E-state index contributed by atoms with van der Waals surface area (Å²) in [4.78, 5) is 4.56. The molecule has 0 aliphatic carbocycles. The van der Waals surface area contributed by atoms with Crippen LogP contribution in [0.4, 0.5) is 4.39 Å². The number of nitrogens with zero attached hydrogens (tertiary/aromatic N) is 1. The average molecular weight is 278 g/mol. The van der Waals surface area contributed by atoms with E-state index in [2.05, 4.69) is 24.1 Å². The molecular weight excluding hydrogens is 259 g/mol. The van der Waals surface area contributed by atoms with E-state index >= 15 is 0 Å². The molecule has 0 saturated heterocycles. The second kappa shape index (κ2) is 5.80. The van der Waals surface area contributed by atoms with Gasteiger partial charge in [-0.1, -0.05) is 25.1 Å². The van der Waals surface area contributed by atoms with Crippen LogP contribution >= 0.6 is 11.3 Å². The van der Waals surface area contributed by atoms with Crippen molar-refractivity contribution >= 4 is 11.3 Å². The first-order valence-electron chi connectivity index (χ1n) is 6.46. The Kier molecular flexibility index (Phi) is 4.32. The largest absolute Gasteiger partial charge is 0.306 e. The first-order chi connectivity index (χ1) is 9.05. The number of likely N-dealkylation sites (N-methyl/N-ethyl adjacent to an activating group) is 1. The monoisotopic (exact) mass is 278 g/mol. The van der Waals surface area contributed by atoms with Gasteiger partial charge in [0.15, 0.2) is 0 Å². The molecule has 0 amide bonds. The molecular formula is C15H19FN2S. The van der Waals surface area contributed by atoms with Crippen molar-refractivity contribution in [2.75, 3.05) is 6.54 Å². The molecule has 1 heterocycles. The lowest BCUT2D eigenvalue weighted by atomic mass is 9.93. The van der Waals surface area contributed by atoms with Crippen molar-refractivity contribution < 1.29 is 4.39 Å². The van der Waals surface area contributed by atoms with E-state index in [1.807, 2.05) is 24.4 Å². The van der Waals surface area contributed by atoms with E-state index < -0.39 is 0 Å². The SMILES string of the molecule is CCNC(C)(Cc1ccccc1F)c1nc(C)cs1. The van der Waals surface area contributed by atoms with Gasteiger partial charge in [0.2, 0.25) is 0 Å². The summed E-state index contributed by atoms with van der Waals surface area (Å²) in [6.07, 6.45) is 0.598. The van der Waals surface area contributed by atoms with Crippen molar-refractivity contribution in [2.45, 2.75) is 32.7 Å². The molecule has 2 rings (SSSR count). The van der Waals surface area contributed by atoms with E-state index in [0.717, 1.165) is 22.8 Å². The minimum absolute atomic E-state index is 0.153. The second-order valence-electron chi connectivity index (χ2n) is 4.92. The number of hydrogen-bond acceptors (Lipinski definition) is 3. The summed E-state index contributed by atoms with van der Waals surface area (Å²) >= 11 is 1.63. The summed E-state index contributed by atoms with van der Waals surface area (Å²) in [5, 5.41) is 6.49. The molecule has 0 radical (unpaired) electrons. The normalized spacial score (nSPS) is 14.3. The third kappa shape index (κ3) is 3.19. The van der Waals surface area contributed by atoms with Crippen LogP contribution in [-0.4, -0.2) is 11.5 Å². The van der Waals surface area contributed by atoms with E-state index in [1.165, 1.54) is 6.07 Å². The quantitative estimate of drug-likeness (QED) is 0.903. The molecule has 1 atom stereocenters. The standard InChI is InChI=1S/C15H19FN2S/c1-4-17-15(3,14-18-11(2)10-19-14)9-12-7-5-6-8-13(12)16/h5-8,10,17H,4,9H2,1-3H3. The summed E-state index contributed by atoms with van der Waals surface area (Å²) in [6, 6.07) is 6.94. The smallest absolute Gasteiger partial charge is 0.126 e. The number of halogens is 1. The maximum atomic E-state index is 13.8. The van der Waals surface area contributed by atoms with Crippen molar-refractivity contribution in [3.8, 4) is 0 Å². The van der Waals surface area contributed by atoms with Gasteiger partial charge in [-0.15, -0.1) is 11.3 Å². The third-order valence-corrected chi connectivity index (χ3v) is 4.38. The number of aryl methyl sites for hydroxylation is 1. The van der Waals surface area contributed by atoms with E-state index in [4.69, 9.17) is 0 Å². The van der Waals surface area contributed by atoms with Gasteiger partial charge in [0.25, 0.3) is 0 Å². The van der Waals surface area contributed by atoms with Crippen LogP contribution in [0.15, 0.2) is 29.6 Å². The Labute approximate surface area is 117 Å². The Morgan fingerprint density at radius 1 is 1.37 bits per heavy atom. The molecule has 0 bridgehead atoms. The molecule has 0 fully saturated rings. The maximum absolute atomic E-state index is 13.8. The third-order valence-electron chi connectivity index (χ3n) is 3.16. The van der Waals surface area contributed by atoms with E-state index in [9.17, 15) is 4.39 Å². The summed E-state index contributed by atoms with van der Waals surface area (Å²) in [7, 11) is 0. The molecule has 2 aromatic rings. The van der Waals surface area contributed by atoms with Crippen LogP contribution in [0.1, 0.15) is 30.1 Å². The van der Waals surface area contributed by atoms with Crippen LogP contribution in [0.25, 0.3) is 0 Å². The number of aromatic nitrogens is 1. The lowest BCUT2D eigenvalue weighted by Crippen LogP contribution is -2.41. The Morgan fingerprint density at radius 3 is 2.68 bits per heavy atom. The molecule has 19 heavy (non-hydrogen) atoms. The second-order valence-corrected chi connectivity index (χ2v) is 5.78. The number of nitrogens with one attached hydrogen (secondary N) is 1. The molecule has 0 saturated carbocycles. The number of hydrogen-bond donors (Lipinski definition) is 1. The van der Waals surface area contributed by atoms with Crippen molar-refractivity contribution in [3.63, 3.8) is 0 Å². The van der Waals surface area contributed by atoms with Crippen LogP contribution in [0.2, 0.25) is 0 Å². The lowest BCUT2D eigenvalue weighted by Gasteiger charge is -2.28. The fourth-order valence-corrected chi connectivity index (χ4v) is 3.17. The highest BCUT2D eigenvalue weighted by molar-refractivity contribution is 7.09. The predicted octanol–water partition coefficient (Wildman–Crippen LogP) is 3.66. The molecule has 1 unspecified atom stereocenters. The highest BCUT2D eigenvalue weighted by Gasteiger charge is 2.29. The number of thiazole rings is 1. The van der Waals surface area contributed by atoms with Gasteiger partial charge in [0.05, 0.1) is 5.54 Å². The summed E-state index contributed by atoms with van der Waals surface area (Å²) in [5.41, 5.74) is 1.41. The average Bonchev–Trinajstić information content (AvgIpc) is 2.80. The zero-order chi connectivity index (χ0) is 13.9. The van der Waals surface area contributed by atoms with Gasteiger partial charge in [-0.2, -0.15) is 0 Å². The zero-order valence-corrected chi connectivity index (χ0v) is 12.4. The molecule has 1 N–H and O–H groups in total. The zero-order valence-electron chi connectivity index (χ0n) is 11.5. The van der Waals surface area contributed by atoms with Gasteiger partial charge in [0.1, 0.15) is 10.8 Å². The molecule has 2 nitrogen and oxygen atoms in total. The predicted molar refractivity (Wildman–Crippen MR) is 78.0 cm³/mol. The van der Waals surface area contributed by atoms with Gasteiger partial charge in [-0.05, 0) is 38.4 Å². The highest BCUT2D eigenvalue weighted by atomic mass is 32.1. The number of benzene rings is 1. The van der Waals surface area contributed by atoms with Crippen LogP contribution in [0, 0.1) is 12.7 Å². The summed E-state index contributed by atoms with van der Waals surface area (Å²) in [5.74, 6) is -0.153. The Hall–Kier alpha value is -1.26. The van der Waals surface area contributed by atoms with Gasteiger partial charge >= 0.3 is 0 Å². The van der Waals surface area contributed by atoms with Crippen molar-refractivity contribution in [3.05, 3.63) is 51.7 Å². The first kappa shape index (κ1) is 14.2. The van der Waals surface area contributed by atoms with Crippen LogP contribution in [0.5, 0.6) is 0 Å². The minimum atomic E-state index is -0.324. The van der Waals surface area contributed by atoms with E-state index in [1.54, 1.807) is 17.4 Å². The maximum Gasteiger partial charge on any atom is 0.126 e. The fraction of sp³-hybridized carbons (Fsp3) is 0.400. The molecule has 1 aromatic carbocycles. The Bertz CT molecular complexity index is 553. The van der Waals surface area contributed by atoms with Gasteiger partial charge < -0.3 is 5.32 Å². The lowest BCUT2D eigenvalue weighted by molar-refractivity contribution is 0.365. The van der Waals surface area contributed by atoms with Crippen molar-refractivity contribution in [1.29, 1.82) is 0 Å². The van der Waals surface area contributed by atoms with Crippen LogP contribution in [0.3, 0.4) is 0 Å². The molecule has 0 aliphatic heterocycles. The topological polar surface area (TPSA) is 24.9 Å². The van der Waals surface area contributed by atoms with Gasteiger partial charge in [0, 0.05) is 11.1 Å². The molecule has 0 aliphatic rings. The summed E-state index contributed by atoms with van der Waals surface area (Å²) in [6.45, 7) is 6.94. The van der Waals surface area contributed by atoms with Crippen molar-refractivity contribution in [1.82, 2.24) is 10.3 Å². The minimum Gasteiger partial charge on any atom is -0.306 e. The number of rotatable bonds is 5. The Balaban J connectivity index is 2.32. The highest BCUT2D eigenvalue weighted by Crippen LogP contribution is 2.29. The van der Waals surface area contributed by atoms with Crippen LogP contribution in [-0.2, 0) is 12.0 Å².